The zero-order valence-corrected chi connectivity index (χ0v) is 22.8. The molecule has 1 aliphatic rings. The van der Waals surface area contributed by atoms with Gasteiger partial charge in [0.25, 0.3) is 21.9 Å². The van der Waals surface area contributed by atoms with Crippen molar-refractivity contribution in [1.29, 1.82) is 0 Å². The molecule has 0 aromatic heterocycles. The second-order valence-electron chi connectivity index (χ2n) is 9.39. The van der Waals surface area contributed by atoms with Crippen LogP contribution in [-0.4, -0.2) is 69.5 Å². The first-order valence-corrected chi connectivity index (χ1v) is 13.8. The Hall–Kier alpha value is -2.90. The van der Waals surface area contributed by atoms with Crippen molar-refractivity contribution in [2.45, 2.75) is 45.0 Å². The highest BCUT2D eigenvalue weighted by molar-refractivity contribution is 7.86. The van der Waals surface area contributed by atoms with Gasteiger partial charge >= 0.3 is 0 Å². The van der Waals surface area contributed by atoms with E-state index in [-0.39, 0.29) is 24.8 Å². The maximum Gasteiger partial charge on any atom is 0.274 e. The summed E-state index contributed by atoms with van der Waals surface area (Å²) < 4.78 is 54.1. The normalized spacial score (nSPS) is 19.7. The van der Waals surface area contributed by atoms with Gasteiger partial charge in [-0.05, 0) is 47.7 Å². The van der Waals surface area contributed by atoms with Crippen LogP contribution in [0.25, 0.3) is 0 Å². The van der Waals surface area contributed by atoms with Gasteiger partial charge in [0.05, 0.1) is 19.4 Å². The predicted molar refractivity (Wildman–Crippen MR) is 135 cm³/mol. The summed E-state index contributed by atoms with van der Waals surface area (Å²) in [6.07, 6.45) is -0.214. The average molecular weight is 553 g/mol. The third-order valence-electron chi connectivity index (χ3n) is 5.98. The van der Waals surface area contributed by atoms with Crippen molar-refractivity contribution >= 4 is 21.9 Å². The van der Waals surface area contributed by atoms with E-state index in [0.717, 1.165) is 24.0 Å². The number of piperazine rings is 1. The van der Waals surface area contributed by atoms with Gasteiger partial charge in [0.15, 0.2) is 6.79 Å². The molecule has 0 saturated carbocycles. The monoisotopic (exact) mass is 552 g/mol. The van der Waals surface area contributed by atoms with Gasteiger partial charge in [-0.1, -0.05) is 38.1 Å². The molecule has 0 aliphatic carbocycles. The third kappa shape index (κ3) is 7.35. The third-order valence-corrected chi connectivity index (χ3v) is 6.54. The maximum absolute atomic E-state index is 13.9. The fourth-order valence-corrected chi connectivity index (χ4v) is 4.93. The molecule has 1 heterocycles. The van der Waals surface area contributed by atoms with Crippen LogP contribution in [0.1, 0.15) is 37.5 Å². The van der Waals surface area contributed by atoms with E-state index in [4.69, 9.17) is 18.5 Å². The minimum atomic E-state index is -4.11. The number of imide groups is 1. The Morgan fingerprint density at radius 1 is 0.974 bits per heavy atom. The maximum atomic E-state index is 13.9. The summed E-state index contributed by atoms with van der Waals surface area (Å²) in [6, 6.07) is 9.84. The van der Waals surface area contributed by atoms with Crippen LogP contribution in [0.15, 0.2) is 48.5 Å². The first-order chi connectivity index (χ1) is 17.9. The molecule has 0 N–H and O–H groups in total. The molecule has 1 saturated heterocycles. The largest absolute Gasteiger partial charge is 0.497 e. The number of halogens is 1. The Labute approximate surface area is 222 Å². The summed E-state index contributed by atoms with van der Waals surface area (Å²) in [5.41, 5.74) is 0.980. The molecule has 0 bridgehead atoms. The Morgan fingerprint density at radius 2 is 1.61 bits per heavy atom. The Balaban J connectivity index is 2.18. The summed E-state index contributed by atoms with van der Waals surface area (Å²) in [5.74, 6) is -1.34. The standard InChI is InChI=1S/C26H33FN2O8S/c1-17(2)14-22-25(30)29(36-16-34-3)26(31)23(28(22)15-18-6-12-21(35-4)13-7-18)24(37-38(5,32)33)19-8-10-20(27)11-9-19/h6-13,17,22-24H,14-16H2,1-5H3. The summed E-state index contributed by atoms with van der Waals surface area (Å²) in [7, 11) is -1.23. The molecule has 2 amide bonds. The van der Waals surface area contributed by atoms with Gasteiger partial charge in [-0.15, -0.1) is 5.06 Å². The van der Waals surface area contributed by atoms with Crippen LogP contribution in [0.3, 0.4) is 0 Å². The van der Waals surface area contributed by atoms with Crippen LogP contribution >= 0.6 is 0 Å². The summed E-state index contributed by atoms with van der Waals surface area (Å²) in [5, 5.41) is 0.619. The Morgan fingerprint density at radius 3 is 2.13 bits per heavy atom. The lowest BCUT2D eigenvalue weighted by atomic mass is 9.91. The molecule has 0 radical (unpaired) electrons. The summed E-state index contributed by atoms with van der Waals surface area (Å²) >= 11 is 0. The molecule has 10 nitrogen and oxygen atoms in total. The van der Waals surface area contributed by atoms with Gasteiger partial charge in [-0.3, -0.25) is 18.7 Å². The van der Waals surface area contributed by atoms with Crippen molar-refractivity contribution in [3.05, 3.63) is 65.5 Å². The lowest BCUT2D eigenvalue weighted by Crippen LogP contribution is -2.66. The van der Waals surface area contributed by atoms with Gasteiger partial charge in [0, 0.05) is 13.7 Å². The van der Waals surface area contributed by atoms with Crippen molar-refractivity contribution in [3.8, 4) is 5.75 Å². The van der Waals surface area contributed by atoms with E-state index in [0.29, 0.717) is 17.2 Å². The van der Waals surface area contributed by atoms with Gasteiger partial charge in [-0.2, -0.15) is 8.42 Å². The summed E-state index contributed by atoms with van der Waals surface area (Å²) in [4.78, 5) is 34.4. The SMILES string of the molecule is COCON1C(=O)C(CC(C)C)N(Cc2ccc(OC)cc2)C(C(OS(C)(=O)=O)c2ccc(F)cc2)C1=O. The highest BCUT2D eigenvalue weighted by Crippen LogP contribution is 2.36. The van der Waals surface area contributed by atoms with Crippen LogP contribution in [-0.2, 0) is 40.0 Å². The molecule has 3 rings (SSSR count). The molecule has 208 valence electrons. The van der Waals surface area contributed by atoms with Crippen LogP contribution in [0.5, 0.6) is 5.75 Å². The molecular weight excluding hydrogens is 519 g/mol. The topological polar surface area (TPSA) is 112 Å². The second-order valence-corrected chi connectivity index (χ2v) is 11.0. The molecule has 0 spiro atoms. The number of amides is 2. The molecule has 38 heavy (non-hydrogen) atoms. The number of rotatable bonds is 12. The molecule has 2 aromatic carbocycles. The quantitative estimate of drug-likeness (QED) is 0.223. The van der Waals surface area contributed by atoms with Crippen molar-refractivity contribution in [2.75, 3.05) is 27.3 Å². The number of methoxy groups -OCH3 is 2. The first-order valence-electron chi connectivity index (χ1n) is 12.0. The molecule has 3 unspecified atom stereocenters. The average Bonchev–Trinajstić information content (AvgIpc) is 2.86. The van der Waals surface area contributed by atoms with Crippen LogP contribution in [0.4, 0.5) is 4.39 Å². The number of hydrogen-bond acceptors (Lipinski definition) is 9. The number of benzene rings is 2. The van der Waals surface area contributed by atoms with Crippen molar-refractivity contribution in [2.24, 2.45) is 5.92 Å². The first kappa shape index (κ1) is 29.7. The van der Waals surface area contributed by atoms with Crippen molar-refractivity contribution in [1.82, 2.24) is 9.96 Å². The smallest absolute Gasteiger partial charge is 0.274 e. The number of hydrogen-bond donors (Lipinski definition) is 0. The van der Waals surface area contributed by atoms with E-state index in [2.05, 4.69) is 0 Å². The predicted octanol–water partition coefficient (Wildman–Crippen LogP) is 3.04. The number of carbonyl (C=O) groups is 2. The number of carbonyl (C=O) groups excluding carboxylic acids is 2. The van der Waals surface area contributed by atoms with Gasteiger partial charge in [-0.25, -0.2) is 9.23 Å². The van der Waals surface area contributed by atoms with Crippen LogP contribution in [0, 0.1) is 11.7 Å². The van der Waals surface area contributed by atoms with Gasteiger partial charge in [0.2, 0.25) is 0 Å². The molecule has 1 fully saturated rings. The lowest BCUT2D eigenvalue weighted by molar-refractivity contribution is -0.237. The van der Waals surface area contributed by atoms with Gasteiger partial charge in [0.1, 0.15) is 23.7 Å². The van der Waals surface area contributed by atoms with E-state index in [1.165, 1.54) is 26.4 Å². The minimum absolute atomic E-state index is 0.0283. The Kier molecular flexibility index (Phi) is 9.96. The summed E-state index contributed by atoms with van der Waals surface area (Å²) in [6.45, 7) is 3.57. The molecule has 12 heteroatoms. The molecule has 2 aromatic rings. The number of ether oxygens (including phenoxy) is 2. The molecule has 3 atom stereocenters. The van der Waals surface area contributed by atoms with Crippen molar-refractivity contribution < 1.29 is 40.9 Å². The van der Waals surface area contributed by atoms with Crippen LogP contribution in [0.2, 0.25) is 0 Å². The second kappa shape index (κ2) is 12.8. The number of hydroxylamine groups is 2. The van der Waals surface area contributed by atoms with Crippen molar-refractivity contribution in [3.63, 3.8) is 0 Å². The fraction of sp³-hybridized carbons (Fsp3) is 0.462. The lowest BCUT2D eigenvalue weighted by Gasteiger charge is -2.46. The zero-order valence-electron chi connectivity index (χ0n) is 22.0. The van der Waals surface area contributed by atoms with E-state index in [9.17, 15) is 22.4 Å². The minimum Gasteiger partial charge on any atom is -0.497 e. The van der Waals surface area contributed by atoms with E-state index in [1.54, 1.807) is 29.2 Å². The van der Waals surface area contributed by atoms with Crippen LogP contribution < -0.4 is 4.74 Å². The van der Waals surface area contributed by atoms with E-state index in [1.807, 2.05) is 13.8 Å². The Bertz CT molecular complexity index is 1200. The molecular formula is C26H33FN2O8S. The van der Waals surface area contributed by atoms with Gasteiger partial charge < -0.3 is 9.47 Å². The highest BCUT2D eigenvalue weighted by Gasteiger charge is 2.52. The molecule has 1 aliphatic heterocycles. The highest BCUT2D eigenvalue weighted by atomic mass is 32.2. The fourth-order valence-electron chi connectivity index (χ4n) is 4.34. The number of nitrogens with zero attached hydrogens (tertiary/aromatic N) is 2. The zero-order chi connectivity index (χ0) is 28.0. The van der Waals surface area contributed by atoms with E-state index < -0.39 is 45.9 Å². The van der Waals surface area contributed by atoms with E-state index >= 15 is 0 Å².